The van der Waals surface area contributed by atoms with Crippen molar-refractivity contribution in [2.45, 2.75) is 5.41 Å². The zero-order valence-electron chi connectivity index (χ0n) is 35.2. The molecule has 0 aliphatic heterocycles. The van der Waals surface area contributed by atoms with Crippen LogP contribution in [0.15, 0.2) is 239 Å². The van der Waals surface area contributed by atoms with Crippen molar-refractivity contribution < 1.29 is 8.83 Å². The van der Waals surface area contributed by atoms with Gasteiger partial charge in [0.25, 0.3) is 0 Å². The standard InChI is InChI=1S/C61H38N2O2/c1-3-15-39(16-4-1)61(53-23-11-7-19-45(53)46-20-8-12-24-54(46)61)40-27-32-55-50(35-40)51-36-42(29-33-56(51)63(55)41-17-5-2-6-18-41)62(43-30-34-59-52(37-43)48-22-10-14-26-58(48)64-59)44-28-31-49-47-21-9-13-25-57(47)65-60(49)38-44/h1-38H. The van der Waals surface area contributed by atoms with E-state index in [4.69, 9.17) is 8.83 Å². The molecule has 0 amide bonds. The Kier molecular flexibility index (Phi) is 7.57. The van der Waals surface area contributed by atoms with Crippen LogP contribution >= 0.6 is 0 Å². The molecule has 3 aromatic heterocycles. The van der Waals surface area contributed by atoms with Crippen molar-refractivity contribution in [1.29, 1.82) is 0 Å². The van der Waals surface area contributed by atoms with E-state index in [0.29, 0.717) is 0 Å². The van der Waals surface area contributed by atoms with Gasteiger partial charge in [-0.2, -0.15) is 0 Å². The van der Waals surface area contributed by atoms with E-state index in [1.807, 2.05) is 24.3 Å². The second kappa shape index (κ2) is 13.7. The zero-order chi connectivity index (χ0) is 42.6. The highest BCUT2D eigenvalue weighted by molar-refractivity contribution is 6.12. The topological polar surface area (TPSA) is 34.5 Å². The van der Waals surface area contributed by atoms with E-state index >= 15 is 0 Å². The van der Waals surface area contributed by atoms with Gasteiger partial charge in [-0.3, -0.25) is 0 Å². The summed E-state index contributed by atoms with van der Waals surface area (Å²) in [7, 11) is 0. The van der Waals surface area contributed by atoms with Gasteiger partial charge in [0, 0.05) is 61.1 Å². The van der Waals surface area contributed by atoms with Gasteiger partial charge in [0.2, 0.25) is 0 Å². The normalized spacial score (nSPS) is 13.0. The average molecular weight is 831 g/mol. The highest BCUT2D eigenvalue weighted by Gasteiger charge is 2.46. The van der Waals surface area contributed by atoms with Gasteiger partial charge < -0.3 is 18.3 Å². The lowest BCUT2D eigenvalue weighted by Crippen LogP contribution is -2.28. The number of aromatic nitrogens is 1. The number of para-hydroxylation sites is 3. The second-order valence-electron chi connectivity index (χ2n) is 17.2. The maximum Gasteiger partial charge on any atom is 0.137 e. The highest BCUT2D eigenvalue weighted by atomic mass is 16.3. The van der Waals surface area contributed by atoms with Crippen LogP contribution in [0.2, 0.25) is 0 Å². The van der Waals surface area contributed by atoms with E-state index in [1.54, 1.807) is 0 Å². The third-order valence-electron chi connectivity index (χ3n) is 13.9. The number of rotatable bonds is 6. The molecule has 4 nitrogen and oxygen atoms in total. The summed E-state index contributed by atoms with van der Waals surface area (Å²) in [6.45, 7) is 0. The highest BCUT2D eigenvalue weighted by Crippen LogP contribution is 2.56. The van der Waals surface area contributed by atoms with Crippen LogP contribution < -0.4 is 4.90 Å². The number of hydrogen-bond acceptors (Lipinski definition) is 3. The predicted molar refractivity (Wildman–Crippen MR) is 267 cm³/mol. The van der Waals surface area contributed by atoms with E-state index in [0.717, 1.165) is 83.0 Å². The lowest BCUT2D eigenvalue weighted by atomic mass is 9.67. The Morgan fingerprint density at radius 1 is 0.323 bits per heavy atom. The molecule has 0 spiro atoms. The molecule has 65 heavy (non-hydrogen) atoms. The van der Waals surface area contributed by atoms with Gasteiger partial charge >= 0.3 is 0 Å². The minimum Gasteiger partial charge on any atom is -0.456 e. The van der Waals surface area contributed by atoms with Crippen molar-refractivity contribution in [2.75, 3.05) is 4.90 Å². The summed E-state index contributed by atoms with van der Waals surface area (Å²) in [5, 5.41) is 6.71. The van der Waals surface area contributed by atoms with E-state index < -0.39 is 5.41 Å². The number of fused-ring (bicyclic) bond motifs is 12. The van der Waals surface area contributed by atoms with Crippen molar-refractivity contribution in [3.8, 4) is 16.8 Å². The predicted octanol–water partition coefficient (Wildman–Crippen LogP) is 16.4. The van der Waals surface area contributed by atoms with Gasteiger partial charge in [0.1, 0.15) is 22.3 Å². The molecule has 0 saturated carbocycles. The fourth-order valence-corrected chi connectivity index (χ4v) is 11.1. The molecule has 304 valence electrons. The molecule has 10 aromatic carbocycles. The van der Waals surface area contributed by atoms with Crippen molar-refractivity contribution >= 4 is 82.7 Å². The fourth-order valence-electron chi connectivity index (χ4n) is 11.1. The molecule has 0 radical (unpaired) electrons. The van der Waals surface area contributed by atoms with Crippen molar-refractivity contribution in [3.63, 3.8) is 0 Å². The minimum absolute atomic E-state index is 0.530. The van der Waals surface area contributed by atoms with Crippen LogP contribution in [0.4, 0.5) is 17.1 Å². The summed E-state index contributed by atoms with van der Waals surface area (Å²) >= 11 is 0. The van der Waals surface area contributed by atoms with Gasteiger partial charge in [-0.15, -0.1) is 0 Å². The van der Waals surface area contributed by atoms with E-state index in [-0.39, 0.29) is 0 Å². The van der Waals surface area contributed by atoms with Crippen LogP contribution in [0.3, 0.4) is 0 Å². The Labute approximate surface area is 374 Å². The summed E-state index contributed by atoms with van der Waals surface area (Å²) in [4.78, 5) is 2.36. The molecule has 0 unspecified atom stereocenters. The quantitative estimate of drug-likeness (QED) is 0.167. The molecule has 1 aliphatic carbocycles. The summed E-state index contributed by atoms with van der Waals surface area (Å²) in [6.07, 6.45) is 0. The summed E-state index contributed by atoms with van der Waals surface area (Å²) in [6, 6.07) is 83.5. The third kappa shape index (κ3) is 5.13. The summed E-state index contributed by atoms with van der Waals surface area (Å²) in [5.41, 5.74) is 17.0. The van der Waals surface area contributed by atoms with Crippen LogP contribution in [0.5, 0.6) is 0 Å². The molecule has 0 N–H and O–H groups in total. The van der Waals surface area contributed by atoms with Crippen molar-refractivity contribution in [2.24, 2.45) is 0 Å². The molecule has 13 aromatic rings. The van der Waals surface area contributed by atoms with Crippen LogP contribution in [0, 0.1) is 0 Å². The number of benzene rings is 10. The number of hydrogen-bond donors (Lipinski definition) is 0. The van der Waals surface area contributed by atoms with Crippen LogP contribution in [-0.4, -0.2) is 4.57 Å². The minimum atomic E-state index is -0.530. The van der Waals surface area contributed by atoms with E-state index in [1.165, 1.54) is 38.8 Å². The van der Waals surface area contributed by atoms with E-state index in [2.05, 4.69) is 216 Å². The first-order valence-electron chi connectivity index (χ1n) is 22.2. The summed E-state index contributed by atoms with van der Waals surface area (Å²) in [5.74, 6) is 0. The molecule has 4 heteroatoms. The average Bonchev–Trinajstić information content (AvgIpc) is 4.11. The van der Waals surface area contributed by atoms with Crippen LogP contribution in [0.25, 0.3) is 82.5 Å². The zero-order valence-corrected chi connectivity index (χ0v) is 35.2. The largest absolute Gasteiger partial charge is 0.456 e. The molecular formula is C61H38N2O2. The van der Waals surface area contributed by atoms with Gasteiger partial charge in [0.05, 0.1) is 16.4 Å². The molecule has 3 heterocycles. The molecule has 0 saturated heterocycles. The maximum absolute atomic E-state index is 6.52. The fraction of sp³-hybridized carbons (Fsp3) is 0.0164. The third-order valence-corrected chi connectivity index (χ3v) is 13.9. The first-order chi connectivity index (χ1) is 32.2. The molecule has 14 rings (SSSR count). The van der Waals surface area contributed by atoms with Crippen molar-refractivity contribution in [1.82, 2.24) is 4.57 Å². The van der Waals surface area contributed by atoms with Crippen molar-refractivity contribution in [3.05, 3.63) is 253 Å². The maximum atomic E-state index is 6.52. The molecule has 0 fully saturated rings. The number of anilines is 3. The monoisotopic (exact) mass is 830 g/mol. The lowest BCUT2D eigenvalue weighted by molar-refractivity contribution is 0.668. The Hall–Kier alpha value is -8.60. The summed E-state index contributed by atoms with van der Waals surface area (Å²) < 4.78 is 15.3. The van der Waals surface area contributed by atoms with Crippen LogP contribution in [-0.2, 0) is 5.41 Å². The first-order valence-corrected chi connectivity index (χ1v) is 22.2. The Morgan fingerprint density at radius 2 is 0.815 bits per heavy atom. The van der Waals surface area contributed by atoms with E-state index in [9.17, 15) is 0 Å². The smallest absolute Gasteiger partial charge is 0.137 e. The number of nitrogens with zero attached hydrogens (tertiary/aromatic N) is 2. The Balaban J connectivity index is 1.05. The van der Waals surface area contributed by atoms with Gasteiger partial charge in [-0.1, -0.05) is 140 Å². The first kappa shape index (κ1) is 35.9. The second-order valence-corrected chi connectivity index (χ2v) is 17.2. The lowest BCUT2D eigenvalue weighted by Gasteiger charge is -2.34. The molecule has 0 atom stereocenters. The number of furan rings is 2. The Bertz CT molecular complexity index is 3980. The van der Waals surface area contributed by atoms with Gasteiger partial charge in [-0.25, -0.2) is 0 Å². The molecule has 1 aliphatic rings. The Morgan fingerprint density at radius 3 is 1.54 bits per heavy atom. The molecular weight excluding hydrogens is 793 g/mol. The van der Waals surface area contributed by atoms with Crippen LogP contribution in [0.1, 0.15) is 22.3 Å². The SMILES string of the molecule is c1ccc(-n2c3ccc(N(c4ccc5c(c4)oc4ccccc45)c4ccc5oc6ccccc6c5c4)cc3c3cc(C4(c5ccccc5)c5ccccc5-c5ccccc54)ccc32)cc1. The van der Waals surface area contributed by atoms with Gasteiger partial charge in [-0.05, 0) is 118 Å². The van der Waals surface area contributed by atoms with Gasteiger partial charge in [0.15, 0.2) is 0 Å². The molecule has 0 bridgehead atoms.